The summed E-state index contributed by atoms with van der Waals surface area (Å²) in [4.78, 5) is 26.3. The van der Waals surface area contributed by atoms with Gasteiger partial charge in [-0.15, -0.1) is 11.3 Å². The predicted octanol–water partition coefficient (Wildman–Crippen LogP) is 6.23. The number of hydrogen-bond acceptors (Lipinski definition) is 5. The van der Waals surface area contributed by atoms with Crippen LogP contribution in [-0.4, -0.2) is 18.5 Å². The van der Waals surface area contributed by atoms with E-state index in [4.69, 9.17) is 9.47 Å². The molecule has 2 aromatic rings. The SMILES string of the molecule is CCCOC(=O)c1c(NC(=O)c2c(F)cccc2C(F)(F)F)sc2c1C(C)(C)OC2(C)C. The smallest absolute Gasteiger partial charge is 0.417 e. The molecule has 0 radical (unpaired) electrons. The summed E-state index contributed by atoms with van der Waals surface area (Å²) < 4.78 is 65.7. The Morgan fingerprint density at radius 1 is 1.12 bits per heavy atom. The van der Waals surface area contributed by atoms with Crippen LogP contribution in [0.15, 0.2) is 18.2 Å². The van der Waals surface area contributed by atoms with Crippen LogP contribution >= 0.6 is 11.3 Å². The van der Waals surface area contributed by atoms with Crippen molar-refractivity contribution in [2.45, 2.75) is 58.4 Å². The zero-order valence-corrected chi connectivity index (χ0v) is 19.0. The largest absolute Gasteiger partial charge is 0.462 e. The summed E-state index contributed by atoms with van der Waals surface area (Å²) in [5, 5.41) is 2.31. The Bertz CT molecular complexity index is 1070. The van der Waals surface area contributed by atoms with Gasteiger partial charge in [0.05, 0.1) is 28.9 Å². The molecule has 1 aliphatic rings. The van der Waals surface area contributed by atoms with Crippen LogP contribution in [0.3, 0.4) is 0 Å². The number of carbonyl (C=O) groups is 2. The molecular formula is C22H23F4NO4S. The molecule has 0 unspecified atom stereocenters. The number of ether oxygens (including phenoxy) is 2. The molecule has 0 saturated carbocycles. The van der Waals surface area contributed by atoms with E-state index in [1.165, 1.54) is 0 Å². The zero-order valence-electron chi connectivity index (χ0n) is 18.2. The summed E-state index contributed by atoms with van der Waals surface area (Å²) in [6.07, 6.45) is -4.39. The Morgan fingerprint density at radius 3 is 2.38 bits per heavy atom. The fourth-order valence-corrected chi connectivity index (χ4v) is 5.24. The molecule has 0 bridgehead atoms. The molecule has 0 spiro atoms. The van der Waals surface area contributed by atoms with Crippen LogP contribution in [0.2, 0.25) is 0 Å². The molecule has 0 aliphatic carbocycles. The molecule has 1 N–H and O–H groups in total. The normalized spacial score (nSPS) is 16.5. The van der Waals surface area contributed by atoms with Crippen molar-refractivity contribution in [3.05, 3.63) is 51.1 Å². The first-order valence-electron chi connectivity index (χ1n) is 9.92. The van der Waals surface area contributed by atoms with E-state index in [2.05, 4.69) is 5.32 Å². The monoisotopic (exact) mass is 473 g/mol. The number of fused-ring (bicyclic) bond motifs is 1. The summed E-state index contributed by atoms with van der Waals surface area (Å²) >= 11 is 1.00. The van der Waals surface area contributed by atoms with Crippen molar-refractivity contribution < 1.29 is 36.6 Å². The third kappa shape index (κ3) is 4.25. The Hall–Kier alpha value is -2.46. The molecule has 32 heavy (non-hydrogen) atoms. The Kier molecular flexibility index (Phi) is 6.16. The maximum atomic E-state index is 14.3. The predicted molar refractivity (Wildman–Crippen MR) is 111 cm³/mol. The van der Waals surface area contributed by atoms with Gasteiger partial charge in [-0.25, -0.2) is 9.18 Å². The van der Waals surface area contributed by atoms with E-state index in [-0.39, 0.29) is 17.2 Å². The van der Waals surface area contributed by atoms with Crippen LogP contribution in [0.1, 0.15) is 77.8 Å². The van der Waals surface area contributed by atoms with Gasteiger partial charge in [-0.3, -0.25) is 4.79 Å². The van der Waals surface area contributed by atoms with Crippen molar-refractivity contribution in [2.75, 3.05) is 11.9 Å². The highest BCUT2D eigenvalue weighted by Gasteiger charge is 2.49. The van der Waals surface area contributed by atoms with Crippen LogP contribution in [0.25, 0.3) is 0 Å². The van der Waals surface area contributed by atoms with E-state index < -0.39 is 46.2 Å². The van der Waals surface area contributed by atoms with E-state index in [1.807, 2.05) is 0 Å². The minimum atomic E-state index is -4.94. The van der Waals surface area contributed by atoms with Crippen molar-refractivity contribution >= 4 is 28.2 Å². The van der Waals surface area contributed by atoms with Crippen LogP contribution in [0.4, 0.5) is 22.6 Å². The van der Waals surface area contributed by atoms with E-state index in [9.17, 15) is 27.2 Å². The molecule has 0 saturated heterocycles. The van der Waals surface area contributed by atoms with Crippen LogP contribution in [-0.2, 0) is 26.9 Å². The molecule has 0 atom stereocenters. The minimum Gasteiger partial charge on any atom is -0.462 e. The summed E-state index contributed by atoms with van der Waals surface area (Å²) in [6, 6.07) is 2.28. The van der Waals surface area contributed by atoms with Gasteiger partial charge in [-0.2, -0.15) is 13.2 Å². The molecule has 1 amide bonds. The highest BCUT2D eigenvalue weighted by molar-refractivity contribution is 7.17. The van der Waals surface area contributed by atoms with Gasteiger partial charge in [0, 0.05) is 10.4 Å². The maximum Gasteiger partial charge on any atom is 0.417 e. The van der Waals surface area contributed by atoms with Gasteiger partial charge >= 0.3 is 12.1 Å². The van der Waals surface area contributed by atoms with Gasteiger partial charge in [0.15, 0.2) is 0 Å². The lowest BCUT2D eigenvalue weighted by atomic mass is 9.94. The number of carbonyl (C=O) groups excluding carboxylic acids is 2. The number of anilines is 1. The fourth-order valence-electron chi connectivity index (χ4n) is 3.87. The Labute approximate surface area is 186 Å². The van der Waals surface area contributed by atoms with Gasteiger partial charge in [0.25, 0.3) is 5.91 Å². The fraction of sp³-hybridized carbons (Fsp3) is 0.455. The average Bonchev–Trinajstić information content (AvgIpc) is 3.12. The molecule has 2 heterocycles. The topological polar surface area (TPSA) is 64.6 Å². The highest BCUT2D eigenvalue weighted by Crippen LogP contribution is 2.54. The van der Waals surface area contributed by atoms with Gasteiger partial charge in [-0.1, -0.05) is 13.0 Å². The molecule has 1 aromatic carbocycles. The number of hydrogen-bond donors (Lipinski definition) is 1. The second-order valence-electron chi connectivity index (χ2n) is 8.38. The number of alkyl halides is 3. The molecule has 174 valence electrons. The molecule has 1 aliphatic heterocycles. The Morgan fingerprint density at radius 2 is 1.78 bits per heavy atom. The van der Waals surface area contributed by atoms with Crippen LogP contribution in [0, 0.1) is 5.82 Å². The van der Waals surface area contributed by atoms with Gasteiger partial charge in [0.1, 0.15) is 16.4 Å². The second-order valence-corrected chi connectivity index (χ2v) is 9.40. The van der Waals surface area contributed by atoms with Gasteiger partial charge in [0.2, 0.25) is 0 Å². The zero-order chi connectivity index (χ0) is 24.1. The number of amides is 1. The van der Waals surface area contributed by atoms with Gasteiger partial charge in [-0.05, 0) is 46.2 Å². The number of thiophene rings is 1. The lowest BCUT2D eigenvalue weighted by molar-refractivity contribution is -0.138. The van der Waals surface area contributed by atoms with Crippen LogP contribution in [0.5, 0.6) is 0 Å². The lowest BCUT2D eigenvalue weighted by Gasteiger charge is -2.26. The average molecular weight is 473 g/mol. The Balaban J connectivity index is 2.13. The third-order valence-electron chi connectivity index (χ3n) is 4.98. The molecule has 3 rings (SSSR count). The number of halogens is 4. The molecule has 5 nitrogen and oxygen atoms in total. The quantitative estimate of drug-likeness (QED) is 0.413. The summed E-state index contributed by atoms with van der Waals surface area (Å²) in [5.41, 5.74) is -3.79. The summed E-state index contributed by atoms with van der Waals surface area (Å²) in [5.74, 6) is -3.37. The lowest BCUT2D eigenvalue weighted by Crippen LogP contribution is -2.25. The van der Waals surface area contributed by atoms with E-state index in [0.717, 1.165) is 23.5 Å². The number of rotatable bonds is 5. The first kappa shape index (κ1) is 24.2. The number of nitrogens with one attached hydrogen (secondary N) is 1. The van der Waals surface area contributed by atoms with E-state index >= 15 is 0 Å². The summed E-state index contributed by atoms with van der Waals surface area (Å²) in [6.45, 7) is 8.97. The van der Waals surface area contributed by atoms with Crippen molar-refractivity contribution in [1.82, 2.24) is 0 Å². The van der Waals surface area contributed by atoms with Gasteiger partial charge < -0.3 is 14.8 Å². The first-order chi connectivity index (χ1) is 14.7. The van der Waals surface area contributed by atoms with E-state index in [0.29, 0.717) is 22.9 Å². The highest BCUT2D eigenvalue weighted by atomic mass is 32.1. The number of esters is 1. The van der Waals surface area contributed by atoms with Crippen molar-refractivity contribution in [2.24, 2.45) is 0 Å². The van der Waals surface area contributed by atoms with Crippen LogP contribution < -0.4 is 5.32 Å². The van der Waals surface area contributed by atoms with Crippen molar-refractivity contribution in [1.29, 1.82) is 0 Å². The maximum absolute atomic E-state index is 14.3. The molecule has 1 aromatic heterocycles. The third-order valence-corrected chi connectivity index (χ3v) is 6.39. The second kappa shape index (κ2) is 8.15. The number of benzene rings is 1. The minimum absolute atomic E-state index is 0.00673. The first-order valence-corrected chi connectivity index (χ1v) is 10.7. The van der Waals surface area contributed by atoms with Crippen molar-refractivity contribution in [3.63, 3.8) is 0 Å². The van der Waals surface area contributed by atoms with Crippen molar-refractivity contribution in [3.8, 4) is 0 Å². The summed E-state index contributed by atoms with van der Waals surface area (Å²) in [7, 11) is 0. The standard InChI is InChI=1S/C22H23F4NO4S/c1-6-10-30-19(29)14-15-16(21(4,5)31-20(15,2)3)32-18(14)27-17(28)13-11(22(24,25)26)8-7-9-12(13)23/h7-9H,6,10H2,1-5H3,(H,27,28). The van der Waals surface area contributed by atoms with E-state index in [1.54, 1.807) is 34.6 Å². The molecular weight excluding hydrogens is 450 g/mol. The molecule has 0 fully saturated rings. The molecule has 10 heteroatoms.